The van der Waals surface area contributed by atoms with Crippen LogP contribution in [-0.4, -0.2) is 17.9 Å². The van der Waals surface area contributed by atoms with Crippen molar-refractivity contribution < 1.29 is 4.79 Å². The number of hydrogen-bond acceptors (Lipinski definition) is 1. The monoisotopic (exact) mass is 310 g/mol. The number of alkyl halides is 1. The van der Waals surface area contributed by atoms with Crippen LogP contribution in [0.1, 0.15) is 30.5 Å². The summed E-state index contributed by atoms with van der Waals surface area (Å²) in [5.41, 5.74) is 2.65. The van der Waals surface area contributed by atoms with Crippen molar-refractivity contribution in [2.24, 2.45) is 5.92 Å². The molecule has 2 unspecified atom stereocenters. The van der Waals surface area contributed by atoms with E-state index in [1.165, 1.54) is 11.1 Å². The number of halogens is 1. The largest absolute Gasteiger partial charge is 0.337 e. The predicted octanol–water partition coefficient (Wildman–Crippen LogP) is 3.00. The smallest absolute Gasteiger partial charge is 0.315 e. The van der Waals surface area contributed by atoms with Gasteiger partial charge in [0.2, 0.25) is 0 Å². The molecule has 98 valence electrons. The molecular formula is C14H19BrN2O. The first-order valence-corrected chi connectivity index (χ1v) is 7.56. The molecule has 2 rings (SSSR count). The van der Waals surface area contributed by atoms with E-state index in [0.717, 1.165) is 18.2 Å². The van der Waals surface area contributed by atoms with Crippen LogP contribution in [0.15, 0.2) is 24.3 Å². The number of carbonyl (C=O) groups excluding carboxylic acids is 1. The Morgan fingerprint density at radius 3 is 2.94 bits per heavy atom. The second kappa shape index (κ2) is 6.23. The number of fused-ring (bicyclic) bond motifs is 1. The maximum atomic E-state index is 11.8. The maximum absolute atomic E-state index is 11.8. The van der Waals surface area contributed by atoms with Crippen LogP contribution in [0.5, 0.6) is 0 Å². The van der Waals surface area contributed by atoms with Gasteiger partial charge in [0.15, 0.2) is 0 Å². The van der Waals surface area contributed by atoms with Crippen LogP contribution in [0, 0.1) is 5.92 Å². The quantitative estimate of drug-likeness (QED) is 0.825. The Morgan fingerprint density at radius 2 is 2.22 bits per heavy atom. The van der Waals surface area contributed by atoms with Crippen molar-refractivity contribution in [2.75, 3.05) is 11.9 Å². The fraction of sp³-hybridized carbons (Fsp3) is 0.500. The van der Waals surface area contributed by atoms with Gasteiger partial charge in [-0.15, -0.1) is 0 Å². The van der Waals surface area contributed by atoms with E-state index in [2.05, 4.69) is 51.7 Å². The Hall–Kier alpha value is -1.03. The zero-order chi connectivity index (χ0) is 13.0. The van der Waals surface area contributed by atoms with Gasteiger partial charge in [0, 0.05) is 11.9 Å². The molecule has 1 aliphatic carbocycles. The van der Waals surface area contributed by atoms with E-state index in [9.17, 15) is 4.79 Å². The van der Waals surface area contributed by atoms with Crippen molar-refractivity contribution in [2.45, 2.75) is 25.8 Å². The highest BCUT2D eigenvalue weighted by Crippen LogP contribution is 2.37. The van der Waals surface area contributed by atoms with Gasteiger partial charge in [0.05, 0.1) is 6.04 Å². The zero-order valence-electron chi connectivity index (χ0n) is 10.6. The van der Waals surface area contributed by atoms with Crippen molar-refractivity contribution in [1.82, 2.24) is 10.6 Å². The number of nitrogens with one attached hydrogen (secondary N) is 2. The van der Waals surface area contributed by atoms with Crippen molar-refractivity contribution in [3.8, 4) is 0 Å². The van der Waals surface area contributed by atoms with Crippen molar-refractivity contribution in [1.29, 1.82) is 0 Å². The lowest BCUT2D eigenvalue weighted by atomic mass is 9.98. The van der Waals surface area contributed by atoms with Gasteiger partial charge in [0.1, 0.15) is 0 Å². The summed E-state index contributed by atoms with van der Waals surface area (Å²) in [6.45, 7) is 2.83. The van der Waals surface area contributed by atoms with E-state index in [1.807, 2.05) is 6.07 Å². The van der Waals surface area contributed by atoms with Crippen LogP contribution < -0.4 is 10.6 Å². The number of urea groups is 1. The second-order valence-electron chi connectivity index (χ2n) is 4.64. The third-order valence-corrected chi connectivity index (χ3v) is 3.93. The van der Waals surface area contributed by atoms with Crippen LogP contribution in [-0.2, 0) is 6.42 Å². The van der Waals surface area contributed by atoms with Gasteiger partial charge in [0.25, 0.3) is 0 Å². The molecule has 18 heavy (non-hydrogen) atoms. The fourth-order valence-corrected chi connectivity index (χ4v) is 2.80. The lowest BCUT2D eigenvalue weighted by Gasteiger charge is -2.21. The van der Waals surface area contributed by atoms with Crippen LogP contribution in [0.4, 0.5) is 4.79 Å². The van der Waals surface area contributed by atoms with Gasteiger partial charge in [-0.1, -0.05) is 53.5 Å². The number of hydrogen-bond donors (Lipinski definition) is 2. The zero-order valence-corrected chi connectivity index (χ0v) is 12.2. The minimum Gasteiger partial charge on any atom is -0.337 e. The van der Waals surface area contributed by atoms with Gasteiger partial charge in [-0.3, -0.25) is 0 Å². The Balaban J connectivity index is 2.07. The molecule has 0 heterocycles. The highest BCUT2D eigenvalue weighted by Gasteiger charge is 2.31. The second-order valence-corrected chi connectivity index (χ2v) is 5.43. The first-order valence-electron chi connectivity index (χ1n) is 6.44. The van der Waals surface area contributed by atoms with E-state index in [1.54, 1.807) is 0 Å². The molecule has 0 fully saturated rings. The molecule has 1 aliphatic rings. The summed E-state index contributed by atoms with van der Waals surface area (Å²) in [6.07, 6.45) is 2.15. The summed E-state index contributed by atoms with van der Waals surface area (Å²) >= 11 is 3.30. The summed E-state index contributed by atoms with van der Waals surface area (Å²) in [5, 5.41) is 6.71. The van der Waals surface area contributed by atoms with E-state index in [-0.39, 0.29) is 12.1 Å². The Kier molecular flexibility index (Phi) is 4.64. The molecule has 1 aromatic rings. The van der Waals surface area contributed by atoms with Gasteiger partial charge in [-0.25, -0.2) is 4.79 Å². The number of carbonyl (C=O) groups is 1. The number of benzene rings is 1. The van der Waals surface area contributed by atoms with E-state index in [4.69, 9.17) is 0 Å². The summed E-state index contributed by atoms with van der Waals surface area (Å²) in [6, 6.07) is 8.48. The minimum atomic E-state index is -0.0744. The minimum absolute atomic E-state index is 0.0744. The van der Waals surface area contributed by atoms with Crippen molar-refractivity contribution in [3.63, 3.8) is 0 Å². The highest BCUT2D eigenvalue weighted by molar-refractivity contribution is 9.09. The molecule has 2 amide bonds. The molecule has 0 bridgehead atoms. The van der Waals surface area contributed by atoms with Crippen LogP contribution in [0.25, 0.3) is 0 Å². The molecule has 3 nitrogen and oxygen atoms in total. The summed E-state index contributed by atoms with van der Waals surface area (Å²) in [4.78, 5) is 11.8. The highest BCUT2D eigenvalue weighted by atomic mass is 79.9. The molecule has 2 N–H and O–H groups in total. The number of amides is 2. The Bertz CT molecular complexity index is 422. The first kappa shape index (κ1) is 13.4. The average molecular weight is 311 g/mol. The third kappa shape index (κ3) is 2.86. The Labute approximate surface area is 116 Å². The summed E-state index contributed by atoms with van der Waals surface area (Å²) < 4.78 is 0. The number of rotatable bonds is 4. The first-order chi connectivity index (χ1) is 8.76. The molecule has 2 atom stereocenters. The molecule has 0 radical (unpaired) electrons. The molecule has 0 aromatic heterocycles. The summed E-state index contributed by atoms with van der Waals surface area (Å²) in [5.74, 6) is 0.511. The van der Waals surface area contributed by atoms with Crippen molar-refractivity contribution in [3.05, 3.63) is 35.4 Å². The summed E-state index contributed by atoms with van der Waals surface area (Å²) in [7, 11) is 0. The van der Waals surface area contributed by atoms with Crippen LogP contribution >= 0.6 is 15.9 Å². The Morgan fingerprint density at radius 1 is 1.44 bits per heavy atom. The van der Waals surface area contributed by atoms with E-state index >= 15 is 0 Å². The molecule has 0 saturated heterocycles. The van der Waals surface area contributed by atoms with Crippen molar-refractivity contribution >= 4 is 22.0 Å². The van der Waals surface area contributed by atoms with E-state index < -0.39 is 0 Å². The standard InChI is InChI=1S/C14H19BrN2O/c1-2-10-9-11-5-3-4-6-12(11)13(10)17-14(18)16-8-7-15/h3-6,10,13H,2,7-9H2,1H3,(H2,16,17,18). The lowest BCUT2D eigenvalue weighted by molar-refractivity contribution is 0.233. The van der Waals surface area contributed by atoms with Gasteiger partial charge in [-0.2, -0.15) is 0 Å². The molecule has 0 saturated carbocycles. The topological polar surface area (TPSA) is 41.1 Å². The molecule has 4 heteroatoms. The third-order valence-electron chi connectivity index (χ3n) is 3.53. The fourth-order valence-electron chi connectivity index (χ4n) is 2.61. The molecule has 1 aromatic carbocycles. The van der Waals surface area contributed by atoms with E-state index in [0.29, 0.717) is 12.5 Å². The molecular weight excluding hydrogens is 292 g/mol. The SMILES string of the molecule is CCC1Cc2ccccc2C1NC(=O)NCCBr. The molecule has 0 aliphatic heterocycles. The van der Waals surface area contributed by atoms with Crippen LogP contribution in [0.3, 0.4) is 0 Å². The predicted molar refractivity (Wildman–Crippen MR) is 77.0 cm³/mol. The lowest BCUT2D eigenvalue weighted by Crippen LogP contribution is -2.40. The molecule has 0 spiro atoms. The normalized spacial score (nSPS) is 21.4. The van der Waals surface area contributed by atoms with Gasteiger partial charge < -0.3 is 10.6 Å². The van der Waals surface area contributed by atoms with Gasteiger partial charge in [-0.05, 0) is 23.5 Å². The van der Waals surface area contributed by atoms with Gasteiger partial charge >= 0.3 is 6.03 Å². The average Bonchev–Trinajstić information content (AvgIpc) is 2.75. The van der Waals surface area contributed by atoms with Crippen LogP contribution in [0.2, 0.25) is 0 Å². The maximum Gasteiger partial charge on any atom is 0.315 e.